The van der Waals surface area contributed by atoms with Crippen molar-refractivity contribution in [3.63, 3.8) is 0 Å². The molecule has 0 N–H and O–H groups in total. The summed E-state index contributed by atoms with van der Waals surface area (Å²) in [6, 6.07) is 22.5. The van der Waals surface area contributed by atoms with Gasteiger partial charge in [-0.25, -0.2) is 8.42 Å². The van der Waals surface area contributed by atoms with Crippen LogP contribution in [0.3, 0.4) is 0 Å². The van der Waals surface area contributed by atoms with Gasteiger partial charge in [0.2, 0.25) is 0 Å². The predicted octanol–water partition coefficient (Wildman–Crippen LogP) is 5.17. The number of para-hydroxylation sites is 1. The highest BCUT2D eigenvalue weighted by Gasteiger charge is 2.31. The molecule has 0 aromatic heterocycles. The third kappa shape index (κ3) is 4.35. The van der Waals surface area contributed by atoms with Crippen LogP contribution < -0.4 is 0 Å². The largest absolute Gasteiger partial charge is 0.744 e. The van der Waals surface area contributed by atoms with Gasteiger partial charge < -0.3 is 4.55 Å². The van der Waals surface area contributed by atoms with Crippen molar-refractivity contribution in [3.05, 3.63) is 100 Å². The fourth-order valence-electron chi connectivity index (χ4n) is 3.18. The van der Waals surface area contributed by atoms with Crippen molar-refractivity contribution < 1.29 is 22.2 Å². The highest BCUT2D eigenvalue weighted by atomic mass is 32.2. The summed E-state index contributed by atoms with van der Waals surface area (Å²) in [5, 5.41) is 0. The SMILES string of the molecule is CSC1=S(O[N+](=O)c2ccccc2S(=O)(=O)[O-])C(c2ccccc2)=Cc2ccccc21. The molecule has 0 amide bonds. The van der Waals surface area contributed by atoms with Crippen LogP contribution in [0.1, 0.15) is 16.7 Å². The topological polar surface area (TPSA) is 86.5 Å². The van der Waals surface area contributed by atoms with Gasteiger partial charge in [0.1, 0.15) is 25.8 Å². The van der Waals surface area contributed by atoms with Crippen LogP contribution in [-0.2, 0) is 14.4 Å². The van der Waals surface area contributed by atoms with E-state index >= 15 is 0 Å². The molecule has 1 aliphatic heterocycles. The van der Waals surface area contributed by atoms with Crippen molar-refractivity contribution in [3.8, 4) is 0 Å². The first-order valence-electron chi connectivity index (χ1n) is 9.12. The number of thioether (sulfide) groups is 1. The number of benzene rings is 3. The van der Waals surface area contributed by atoms with E-state index in [0.717, 1.165) is 31.9 Å². The van der Waals surface area contributed by atoms with Gasteiger partial charge in [0, 0.05) is 11.6 Å². The highest BCUT2D eigenvalue weighted by Crippen LogP contribution is 2.46. The van der Waals surface area contributed by atoms with Gasteiger partial charge in [0.15, 0.2) is 0 Å². The second-order valence-electron chi connectivity index (χ2n) is 6.48. The smallest absolute Gasteiger partial charge is 0.335 e. The van der Waals surface area contributed by atoms with E-state index in [0.29, 0.717) is 0 Å². The van der Waals surface area contributed by atoms with Crippen molar-refractivity contribution in [2.75, 3.05) is 6.26 Å². The molecule has 0 bridgehead atoms. The van der Waals surface area contributed by atoms with Crippen LogP contribution in [0.25, 0.3) is 11.0 Å². The average Bonchev–Trinajstić information content (AvgIpc) is 2.78. The fourth-order valence-corrected chi connectivity index (χ4v) is 6.73. The molecule has 1 unspecified atom stereocenters. The van der Waals surface area contributed by atoms with Gasteiger partial charge in [-0.1, -0.05) is 66.7 Å². The van der Waals surface area contributed by atoms with Crippen LogP contribution in [0.5, 0.6) is 0 Å². The van der Waals surface area contributed by atoms with E-state index in [1.807, 2.05) is 66.9 Å². The van der Waals surface area contributed by atoms with Crippen molar-refractivity contribution >= 4 is 53.5 Å². The first kappa shape index (κ1) is 21.5. The fraction of sp³-hybridized carbons (Fsp3) is 0.0455. The summed E-state index contributed by atoms with van der Waals surface area (Å²) in [6.45, 7) is 0. The van der Waals surface area contributed by atoms with Crippen LogP contribution in [0.4, 0.5) is 5.69 Å². The summed E-state index contributed by atoms with van der Waals surface area (Å²) >= 11 is 1.46. The van der Waals surface area contributed by atoms with E-state index in [1.54, 1.807) is 0 Å². The summed E-state index contributed by atoms with van der Waals surface area (Å²) in [6.07, 6.45) is 3.87. The van der Waals surface area contributed by atoms with Gasteiger partial charge in [-0.15, -0.1) is 16.0 Å². The summed E-state index contributed by atoms with van der Waals surface area (Å²) in [7, 11) is -5.99. The van der Waals surface area contributed by atoms with E-state index in [1.165, 1.54) is 30.0 Å². The molecular formula is C22H17NO5S3. The lowest BCUT2D eigenvalue weighted by atomic mass is 10.1. The Labute approximate surface area is 187 Å². The molecule has 0 spiro atoms. The molecular weight excluding hydrogens is 454 g/mol. The van der Waals surface area contributed by atoms with Gasteiger partial charge >= 0.3 is 5.69 Å². The van der Waals surface area contributed by atoms with E-state index in [-0.39, 0.29) is 10.6 Å². The van der Waals surface area contributed by atoms with Gasteiger partial charge in [-0.2, -0.15) is 0 Å². The Balaban J connectivity index is 1.86. The molecule has 1 atom stereocenters. The maximum Gasteiger partial charge on any atom is 0.335 e. The van der Waals surface area contributed by atoms with Crippen molar-refractivity contribution in [1.29, 1.82) is 0 Å². The molecule has 6 nitrogen and oxygen atoms in total. The summed E-state index contributed by atoms with van der Waals surface area (Å²) < 4.78 is 41.5. The molecule has 0 saturated carbocycles. The minimum absolute atomic E-state index is 0.134. The summed E-state index contributed by atoms with van der Waals surface area (Å²) in [4.78, 5) is 13.3. The minimum Gasteiger partial charge on any atom is -0.744 e. The molecule has 158 valence electrons. The van der Waals surface area contributed by atoms with E-state index in [4.69, 9.17) is 4.28 Å². The minimum atomic E-state index is -4.85. The zero-order valence-electron chi connectivity index (χ0n) is 16.3. The molecule has 1 aliphatic rings. The van der Waals surface area contributed by atoms with E-state index in [2.05, 4.69) is 0 Å². The van der Waals surface area contributed by atoms with Crippen LogP contribution in [0.2, 0.25) is 0 Å². The van der Waals surface area contributed by atoms with Crippen molar-refractivity contribution in [1.82, 2.24) is 0 Å². The lowest BCUT2D eigenvalue weighted by Gasteiger charge is -2.20. The number of hydrogen-bond donors (Lipinski definition) is 0. The number of fused-ring (bicyclic) bond motifs is 1. The Bertz CT molecular complexity index is 1330. The van der Waals surface area contributed by atoms with Gasteiger partial charge in [-0.05, 0) is 29.5 Å². The second-order valence-corrected chi connectivity index (χ2v) is 10.4. The Kier molecular flexibility index (Phi) is 6.10. The second kappa shape index (κ2) is 8.80. The summed E-state index contributed by atoms with van der Waals surface area (Å²) in [5.74, 6) is 0. The molecule has 0 aliphatic carbocycles. The molecule has 0 fully saturated rings. The van der Waals surface area contributed by atoms with Crippen molar-refractivity contribution in [2.45, 2.75) is 4.90 Å². The first-order valence-corrected chi connectivity index (χ1v) is 12.9. The standard InChI is InChI=1S/C22H17NO5S3/c1-29-22-18-12-6-5-11-17(18)15-20(16-9-3-2-4-10-16)30(22)28-23(24)19-13-7-8-14-21(19)31(25,26)27/h2-15H,1H3. The van der Waals surface area contributed by atoms with Crippen LogP contribution in [0, 0.1) is 4.91 Å². The normalized spacial score (nSPS) is 15.7. The van der Waals surface area contributed by atoms with E-state index in [9.17, 15) is 17.9 Å². The Morgan fingerprint density at radius 3 is 2.29 bits per heavy atom. The lowest BCUT2D eigenvalue weighted by molar-refractivity contribution is -0.695. The van der Waals surface area contributed by atoms with Crippen molar-refractivity contribution in [2.24, 2.45) is 0 Å². The van der Waals surface area contributed by atoms with Crippen LogP contribution in [0.15, 0.2) is 83.8 Å². The first-order chi connectivity index (χ1) is 14.9. The van der Waals surface area contributed by atoms with Crippen LogP contribution >= 0.6 is 22.5 Å². The summed E-state index contributed by atoms with van der Waals surface area (Å²) in [5.41, 5.74) is 2.47. The Morgan fingerprint density at radius 2 is 1.58 bits per heavy atom. The Hall–Kier alpha value is -2.72. The van der Waals surface area contributed by atoms with Gasteiger partial charge in [0.05, 0.1) is 14.0 Å². The van der Waals surface area contributed by atoms with Crippen LogP contribution in [-0.4, -0.2) is 28.3 Å². The number of nitrogens with zero attached hydrogens (tertiary/aromatic N) is 1. The third-order valence-electron chi connectivity index (χ3n) is 4.55. The number of rotatable bonds is 5. The molecule has 0 saturated heterocycles. The molecule has 9 heteroatoms. The maximum atomic E-state index is 13.0. The molecule has 31 heavy (non-hydrogen) atoms. The molecule has 0 radical (unpaired) electrons. The Morgan fingerprint density at radius 1 is 0.935 bits per heavy atom. The quantitative estimate of drug-likeness (QED) is 0.290. The molecule has 3 aromatic carbocycles. The molecule has 1 heterocycles. The molecule has 3 aromatic rings. The lowest BCUT2D eigenvalue weighted by Crippen LogP contribution is -2.11. The monoisotopic (exact) mass is 471 g/mol. The predicted molar refractivity (Wildman–Crippen MR) is 125 cm³/mol. The third-order valence-corrected chi connectivity index (χ3v) is 8.58. The highest BCUT2D eigenvalue weighted by molar-refractivity contribution is 8.36. The number of hydrogen-bond acceptors (Lipinski definition) is 6. The van der Waals surface area contributed by atoms with Gasteiger partial charge in [-0.3, -0.25) is 0 Å². The average molecular weight is 472 g/mol. The maximum absolute atomic E-state index is 13.0. The zero-order chi connectivity index (χ0) is 22.0. The van der Waals surface area contributed by atoms with E-state index < -0.39 is 25.8 Å². The molecule has 4 rings (SSSR count). The van der Waals surface area contributed by atoms with Gasteiger partial charge in [0.25, 0.3) is 4.92 Å². The zero-order valence-corrected chi connectivity index (χ0v) is 18.7.